The molecule has 2 atom stereocenters. The third-order valence-electron chi connectivity index (χ3n) is 9.31. The second-order valence-electron chi connectivity index (χ2n) is 12.2. The molecule has 246 valence electrons. The van der Waals surface area contributed by atoms with Crippen LogP contribution in [0.2, 0.25) is 5.02 Å². The number of aliphatic carboxylic acids is 1. The lowest BCUT2D eigenvalue weighted by molar-refractivity contribution is -0.137. The summed E-state index contributed by atoms with van der Waals surface area (Å²) < 4.78 is 20.1. The molecule has 3 aliphatic heterocycles. The number of fused-ring (bicyclic) bond motifs is 2. The van der Waals surface area contributed by atoms with Gasteiger partial charge >= 0.3 is 12.0 Å². The van der Waals surface area contributed by atoms with Gasteiger partial charge in [0.05, 0.1) is 42.2 Å². The summed E-state index contributed by atoms with van der Waals surface area (Å²) in [7, 11) is 0. The number of carbonyl (C=O) groups excluding carboxylic acids is 1. The predicted octanol–water partition coefficient (Wildman–Crippen LogP) is 4.58. The highest BCUT2D eigenvalue weighted by Crippen LogP contribution is 2.37. The molecule has 0 bridgehead atoms. The van der Waals surface area contributed by atoms with Crippen molar-refractivity contribution in [3.05, 3.63) is 65.1 Å². The molecule has 4 heterocycles. The summed E-state index contributed by atoms with van der Waals surface area (Å²) in [6.07, 6.45) is 2.59. The van der Waals surface area contributed by atoms with Crippen LogP contribution in [0.15, 0.2) is 48.8 Å². The molecule has 3 aliphatic rings. The van der Waals surface area contributed by atoms with Gasteiger partial charge in [0.15, 0.2) is 5.83 Å². The molecule has 0 spiro atoms. The largest absolute Gasteiger partial charge is 0.481 e. The van der Waals surface area contributed by atoms with Crippen molar-refractivity contribution >= 4 is 45.8 Å². The molecule has 47 heavy (non-hydrogen) atoms. The first-order valence-corrected chi connectivity index (χ1v) is 16.3. The number of hydrogen-bond acceptors (Lipinski definition) is 9. The number of carbonyl (C=O) groups is 2. The van der Waals surface area contributed by atoms with Gasteiger partial charge < -0.3 is 24.5 Å². The molecule has 6 rings (SSSR count). The van der Waals surface area contributed by atoms with E-state index in [9.17, 15) is 24.3 Å². The lowest BCUT2D eigenvalue weighted by atomic mass is 10.0. The second-order valence-corrected chi connectivity index (χ2v) is 12.6. The van der Waals surface area contributed by atoms with E-state index in [1.54, 1.807) is 0 Å². The molecular formula is C34H37ClFN7O4. The standard InChI is InChI=1S/C34H37ClFN7O4/c1-22(36)33(46)43-18-17-42(19-24(43)10-13-37)32-26-11-15-41(29-9-3-6-23-5-2-8-27(35)31(23)29)20-28(26)38-34(39-32)47-21-25-7-4-14-40(25)16-12-30(44)45/h2-3,5-6,8-9,24-25H,1,4,7,10-12,14-21H2,(H,44,45)/t24-,25-/m0/s1. The van der Waals surface area contributed by atoms with Crippen LogP contribution in [0.25, 0.3) is 10.8 Å². The Morgan fingerprint density at radius 2 is 1.91 bits per heavy atom. The number of carboxylic acids is 1. The van der Waals surface area contributed by atoms with Crippen molar-refractivity contribution in [3.8, 4) is 12.1 Å². The molecule has 2 aromatic carbocycles. The molecular weight excluding hydrogens is 625 g/mol. The van der Waals surface area contributed by atoms with E-state index >= 15 is 0 Å². The van der Waals surface area contributed by atoms with E-state index in [-0.39, 0.29) is 31.4 Å². The molecule has 1 aromatic heterocycles. The number of ether oxygens (including phenoxy) is 1. The maximum atomic E-state index is 13.9. The first-order valence-electron chi connectivity index (χ1n) is 15.9. The van der Waals surface area contributed by atoms with E-state index in [0.717, 1.165) is 47.1 Å². The highest BCUT2D eigenvalue weighted by atomic mass is 35.5. The predicted molar refractivity (Wildman–Crippen MR) is 176 cm³/mol. The van der Waals surface area contributed by atoms with Crippen LogP contribution in [0.1, 0.15) is 36.9 Å². The van der Waals surface area contributed by atoms with Gasteiger partial charge in [-0.3, -0.25) is 14.5 Å². The zero-order valence-electron chi connectivity index (χ0n) is 26.1. The van der Waals surface area contributed by atoms with E-state index in [0.29, 0.717) is 56.6 Å². The Bertz CT molecular complexity index is 1730. The average molecular weight is 662 g/mol. The molecule has 11 nitrogen and oxygen atoms in total. The zero-order chi connectivity index (χ0) is 33.1. The number of likely N-dealkylation sites (tertiary alicyclic amines) is 1. The number of amides is 1. The van der Waals surface area contributed by atoms with Crippen LogP contribution in [0.4, 0.5) is 15.9 Å². The fourth-order valence-electron chi connectivity index (χ4n) is 7.00. The number of piperazine rings is 1. The lowest BCUT2D eigenvalue weighted by Crippen LogP contribution is -2.55. The number of benzene rings is 2. The minimum atomic E-state index is -1.05. The van der Waals surface area contributed by atoms with Gasteiger partial charge in [0.25, 0.3) is 5.91 Å². The maximum absolute atomic E-state index is 13.9. The first kappa shape index (κ1) is 32.5. The Hall–Kier alpha value is -4.47. The fraction of sp³-hybridized carbons (Fsp3) is 0.441. The van der Waals surface area contributed by atoms with Crippen LogP contribution in [-0.4, -0.2) is 94.7 Å². The number of nitrogens with zero attached hydrogens (tertiary/aromatic N) is 7. The van der Waals surface area contributed by atoms with Crippen LogP contribution in [-0.2, 0) is 22.6 Å². The Morgan fingerprint density at radius 3 is 2.68 bits per heavy atom. The van der Waals surface area contributed by atoms with E-state index < -0.39 is 23.7 Å². The average Bonchev–Trinajstić information content (AvgIpc) is 3.52. The van der Waals surface area contributed by atoms with Crippen LogP contribution < -0.4 is 14.5 Å². The van der Waals surface area contributed by atoms with Crippen LogP contribution >= 0.6 is 11.6 Å². The molecule has 0 radical (unpaired) electrons. The minimum Gasteiger partial charge on any atom is -0.481 e. The normalized spacial score (nSPS) is 19.8. The number of aromatic nitrogens is 2. The highest BCUT2D eigenvalue weighted by Gasteiger charge is 2.35. The molecule has 0 saturated carbocycles. The van der Waals surface area contributed by atoms with Crippen molar-refractivity contribution in [2.75, 3.05) is 55.7 Å². The third kappa shape index (κ3) is 6.96. The van der Waals surface area contributed by atoms with Crippen molar-refractivity contribution in [2.24, 2.45) is 0 Å². The first-order chi connectivity index (χ1) is 22.7. The summed E-state index contributed by atoms with van der Waals surface area (Å²) in [5, 5.41) is 21.4. The van der Waals surface area contributed by atoms with Gasteiger partial charge in [0.2, 0.25) is 0 Å². The molecule has 2 saturated heterocycles. The summed E-state index contributed by atoms with van der Waals surface area (Å²) in [4.78, 5) is 41.3. The number of halogens is 2. The Kier molecular flexibility index (Phi) is 9.75. The Morgan fingerprint density at radius 1 is 1.11 bits per heavy atom. The van der Waals surface area contributed by atoms with Gasteiger partial charge in [-0.15, -0.1) is 0 Å². The molecule has 13 heteroatoms. The fourth-order valence-corrected chi connectivity index (χ4v) is 7.28. The van der Waals surface area contributed by atoms with Crippen molar-refractivity contribution < 1.29 is 23.8 Å². The number of anilines is 2. The van der Waals surface area contributed by atoms with Crippen molar-refractivity contribution in [3.63, 3.8) is 0 Å². The molecule has 2 fully saturated rings. The number of rotatable bonds is 10. The van der Waals surface area contributed by atoms with Gasteiger partial charge in [-0.25, -0.2) is 4.39 Å². The van der Waals surface area contributed by atoms with Crippen molar-refractivity contribution in [2.45, 2.75) is 50.7 Å². The number of hydrogen-bond donors (Lipinski definition) is 1. The third-order valence-corrected chi connectivity index (χ3v) is 9.63. The monoisotopic (exact) mass is 661 g/mol. The van der Waals surface area contributed by atoms with E-state index in [1.165, 1.54) is 4.90 Å². The van der Waals surface area contributed by atoms with Crippen molar-refractivity contribution in [1.29, 1.82) is 5.26 Å². The molecule has 3 aromatic rings. The molecule has 0 aliphatic carbocycles. The molecule has 1 amide bonds. The summed E-state index contributed by atoms with van der Waals surface area (Å²) in [6, 6.07) is 13.8. The Labute approximate surface area is 277 Å². The summed E-state index contributed by atoms with van der Waals surface area (Å²) in [6.45, 7) is 6.83. The minimum absolute atomic E-state index is 0.0373. The highest BCUT2D eigenvalue weighted by molar-refractivity contribution is 6.36. The maximum Gasteiger partial charge on any atom is 0.318 e. The van der Waals surface area contributed by atoms with Crippen molar-refractivity contribution in [1.82, 2.24) is 19.8 Å². The van der Waals surface area contributed by atoms with Gasteiger partial charge in [-0.2, -0.15) is 15.2 Å². The summed E-state index contributed by atoms with van der Waals surface area (Å²) in [5.74, 6) is -1.99. The summed E-state index contributed by atoms with van der Waals surface area (Å²) in [5.41, 5.74) is 2.78. The van der Waals surface area contributed by atoms with E-state index in [1.807, 2.05) is 35.2 Å². The SMILES string of the molecule is C=C(F)C(=O)N1CCN(c2nc(OC[C@@H]3CCCN3CCC(=O)O)nc3c2CCN(c2cccc4cccc(Cl)c24)C3)C[C@@H]1CC#N. The van der Waals surface area contributed by atoms with E-state index in [4.69, 9.17) is 26.3 Å². The van der Waals surface area contributed by atoms with Gasteiger partial charge in [0.1, 0.15) is 12.4 Å². The Balaban J connectivity index is 1.31. The number of nitriles is 1. The van der Waals surface area contributed by atoms with Crippen LogP contribution in [0.5, 0.6) is 6.01 Å². The van der Waals surface area contributed by atoms with Gasteiger partial charge in [0, 0.05) is 55.4 Å². The molecule has 0 unspecified atom stereocenters. The van der Waals surface area contributed by atoms with Crippen LogP contribution in [0, 0.1) is 11.3 Å². The van der Waals surface area contributed by atoms with Crippen LogP contribution in [0.3, 0.4) is 0 Å². The topological polar surface area (TPSA) is 126 Å². The molecule has 1 N–H and O–H groups in total. The quantitative estimate of drug-likeness (QED) is 0.309. The lowest BCUT2D eigenvalue weighted by Gasteiger charge is -2.42. The second kappa shape index (κ2) is 14.1. The number of carboxylic acid groups (broad SMARTS) is 1. The van der Waals surface area contributed by atoms with Gasteiger partial charge in [-0.1, -0.05) is 42.4 Å². The van der Waals surface area contributed by atoms with E-state index in [2.05, 4.69) is 28.5 Å². The summed E-state index contributed by atoms with van der Waals surface area (Å²) >= 11 is 6.69. The van der Waals surface area contributed by atoms with Gasteiger partial charge in [-0.05, 0) is 43.3 Å². The smallest absolute Gasteiger partial charge is 0.318 e. The zero-order valence-corrected chi connectivity index (χ0v) is 26.8.